The van der Waals surface area contributed by atoms with Crippen LogP contribution in [0.3, 0.4) is 0 Å². The van der Waals surface area contributed by atoms with Gasteiger partial charge in [0.2, 0.25) is 5.91 Å². The molecule has 1 fully saturated rings. The maximum absolute atomic E-state index is 12.1. The summed E-state index contributed by atoms with van der Waals surface area (Å²) in [6, 6.07) is 6.18. The van der Waals surface area contributed by atoms with Gasteiger partial charge in [0.05, 0.1) is 0 Å². The van der Waals surface area contributed by atoms with Gasteiger partial charge in [-0.25, -0.2) is 0 Å². The minimum absolute atomic E-state index is 0.277. The van der Waals surface area contributed by atoms with E-state index in [4.69, 9.17) is 5.73 Å². The Hall–Kier alpha value is -2.41. The van der Waals surface area contributed by atoms with Crippen molar-refractivity contribution in [2.45, 2.75) is 6.42 Å². The fourth-order valence-corrected chi connectivity index (χ4v) is 2.13. The fraction of sp³-hybridized carbons (Fsp3) is 0.357. The molecule has 3 amide bonds. The molecular weight excluding hydrogens is 272 g/mol. The van der Waals surface area contributed by atoms with E-state index in [-0.39, 0.29) is 5.56 Å². The van der Waals surface area contributed by atoms with Gasteiger partial charge in [-0.15, -0.1) is 0 Å². The van der Waals surface area contributed by atoms with E-state index in [2.05, 4.69) is 10.6 Å². The standard InChI is InChI=1S/C14H18N4O3/c15-12(19)10-3-1-4-11(9-10)17-13(20)14(21)18-7-2-5-16-6-8-18/h1,3-4,9,16H,2,5-8H2,(H2,15,19)(H,17,20). The third-order valence-corrected chi connectivity index (χ3v) is 3.23. The van der Waals surface area contributed by atoms with Gasteiger partial charge in [-0.2, -0.15) is 0 Å². The summed E-state index contributed by atoms with van der Waals surface area (Å²) in [4.78, 5) is 36.6. The first-order chi connectivity index (χ1) is 10.1. The lowest BCUT2D eigenvalue weighted by Gasteiger charge is -2.19. The number of hydrogen-bond donors (Lipinski definition) is 3. The Balaban J connectivity index is 2.01. The third kappa shape index (κ3) is 4.03. The molecule has 1 aliphatic heterocycles. The monoisotopic (exact) mass is 290 g/mol. The molecule has 1 aromatic rings. The zero-order valence-electron chi connectivity index (χ0n) is 11.6. The summed E-state index contributed by atoms with van der Waals surface area (Å²) in [5.74, 6) is -1.86. The Morgan fingerprint density at radius 3 is 2.76 bits per heavy atom. The number of carbonyl (C=O) groups is 3. The zero-order valence-corrected chi connectivity index (χ0v) is 11.6. The zero-order chi connectivity index (χ0) is 15.2. The van der Waals surface area contributed by atoms with E-state index in [0.29, 0.717) is 25.3 Å². The van der Waals surface area contributed by atoms with Gasteiger partial charge in [0, 0.05) is 30.9 Å². The van der Waals surface area contributed by atoms with E-state index in [0.717, 1.165) is 13.0 Å². The van der Waals surface area contributed by atoms with Crippen molar-refractivity contribution in [3.63, 3.8) is 0 Å². The Kier molecular flexibility index (Phi) is 4.89. The van der Waals surface area contributed by atoms with Crippen LogP contribution in [-0.2, 0) is 9.59 Å². The summed E-state index contributed by atoms with van der Waals surface area (Å²) in [7, 11) is 0. The van der Waals surface area contributed by atoms with Gasteiger partial charge >= 0.3 is 11.8 Å². The number of nitrogens with zero attached hydrogens (tertiary/aromatic N) is 1. The molecule has 7 nitrogen and oxygen atoms in total. The summed E-state index contributed by atoms with van der Waals surface area (Å²) in [6.07, 6.45) is 0.816. The Morgan fingerprint density at radius 2 is 2.00 bits per heavy atom. The summed E-state index contributed by atoms with van der Waals surface area (Å²) >= 11 is 0. The van der Waals surface area contributed by atoms with Gasteiger partial charge < -0.3 is 21.3 Å². The number of benzene rings is 1. The van der Waals surface area contributed by atoms with Crippen LogP contribution in [0.1, 0.15) is 16.8 Å². The number of hydrogen-bond acceptors (Lipinski definition) is 4. The molecule has 1 heterocycles. The van der Waals surface area contributed by atoms with Crippen LogP contribution in [-0.4, -0.2) is 48.8 Å². The lowest BCUT2D eigenvalue weighted by Crippen LogP contribution is -2.41. The van der Waals surface area contributed by atoms with Crippen molar-refractivity contribution in [2.75, 3.05) is 31.5 Å². The molecule has 0 unspecified atom stereocenters. The van der Waals surface area contributed by atoms with Crippen LogP contribution < -0.4 is 16.4 Å². The predicted molar refractivity (Wildman–Crippen MR) is 77.7 cm³/mol. The van der Waals surface area contributed by atoms with Crippen LogP contribution in [0.25, 0.3) is 0 Å². The smallest absolute Gasteiger partial charge is 0.313 e. The number of carbonyl (C=O) groups excluding carboxylic acids is 3. The molecule has 1 saturated heterocycles. The van der Waals surface area contributed by atoms with E-state index in [1.165, 1.54) is 11.0 Å². The van der Waals surface area contributed by atoms with Crippen molar-refractivity contribution < 1.29 is 14.4 Å². The Bertz CT molecular complexity index is 551. The van der Waals surface area contributed by atoms with E-state index in [1.54, 1.807) is 18.2 Å². The average Bonchev–Trinajstić information content (AvgIpc) is 2.75. The first kappa shape index (κ1) is 15.0. The SMILES string of the molecule is NC(=O)c1cccc(NC(=O)C(=O)N2CCCNCC2)c1. The highest BCUT2D eigenvalue weighted by Gasteiger charge is 2.22. The molecular formula is C14H18N4O3. The number of amides is 3. The quantitative estimate of drug-likeness (QED) is 0.641. The van der Waals surface area contributed by atoms with Crippen LogP contribution in [0.15, 0.2) is 24.3 Å². The third-order valence-electron chi connectivity index (χ3n) is 3.23. The summed E-state index contributed by atoms with van der Waals surface area (Å²) in [5.41, 5.74) is 5.82. The molecule has 0 bridgehead atoms. The second-order valence-electron chi connectivity index (χ2n) is 4.79. The molecule has 4 N–H and O–H groups in total. The Labute approximate surface area is 122 Å². The molecule has 7 heteroatoms. The van der Waals surface area contributed by atoms with Crippen LogP contribution >= 0.6 is 0 Å². The molecule has 0 aromatic heterocycles. The van der Waals surface area contributed by atoms with Gasteiger partial charge in [0.1, 0.15) is 0 Å². The van der Waals surface area contributed by atoms with Gasteiger partial charge in [-0.3, -0.25) is 14.4 Å². The predicted octanol–water partition coefficient (Wildman–Crippen LogP) is -0.454. The molecule has 0 spiro atoms. The van der Waals surface area contributed by atoms with E-state index in [1.807, 2.05) is 0 Å². The van der Waals surface area contributed by atoms with Gasteiger partial charge in [-0.05, 0) is 31.2 Å². The van der Waals surface area contributed by atoms with Crippen LogP contribution in [0.4, 0.5) is 5.69 Å². The van der Waals surface area contributed by atoms with Crippen LogP contribution in [0, 0.1) is 0 Å². The molecule has 0 aliphatic carbocycles. The molecule has 1 aliphatic rings. The minimum atomic E-state index is -0.710. The molecule has 1 aromatic carbocycles. The Morgan fingerprint density at radius 1 is 1.19 bits per heavy atom. The average molecular weight is 290 g/mol. The van der Waals surface area contributed by atoms with E-state index >= 15 is 0 Å². The maximum Gasteiger partial charge on any atom is 0.313 e. The second-order valence-corrected chi connectivity index (χ2v) is 4.79. The lowest BCUT2D eigenvalue weighted by atomic mass is 10.2. The second kappa shape index (κ2) is 6.85. The first-order valence-corrected chi connectivity index (χ1v) is 6.79. The largest absolute Gasteiger partial charge is 0.366 e. The normalized spacial score (nSPS) is 15.1. The molecule has 0 atom stereocenters. The molecule has 0 radical (unpaired) electrons. The number of nitrogens with one attached hydrogen (secondary N) is 2. The number of anilines is 1. The van der Waals surface area contributed by atoms with E-state index in [9.17, 15) is 14.4 Å². The maximum atomic E-state index is 12.1. The highest BCUT2D eigenvalue weighted by atomic mass is 16.2. The van der Waals surface area contributed by atoms with E-state index < -0.39 is 17.7 Å². The number of rotatable bonds is 2. The molecule has 112 valence electrons. The van der Waals surface area contributed by atoms with Gasteiger partial charge in [0.25, 0.3) is 0 Å². The molecule has 0 saturated carbocycles. The summed E-state index contributed by atoms with van der Waals surface area (Å²) < 4.78 is 0. The highest BCUT2D eigenvalue weighted by Crippen LogP contribution is 2.10. The fourth-order valence-electron chi connectivity index (χ4n) is 2.13. The minimum Gasteiger partial charge on any atom is -0.366 e. The van der Waals surface area contributed by atoms with Crippen LogP contribution in [0.5, 0.6) is 0 Å². The first-order valence-electron chi connectivity index (χ1n) is 6.79. The van der Waals surface area contributed by atoms with Crippen molar-refractivity contribution in [3.05, 3.63) is 29.8 Å². The molecule has 2 rings (SSSR count). The van der Waals surface area contributed by atoms with Gasteiger partial charge in [0.15, 0.2) is 0 Å². The summed E-state index contributed by atoms with van der Waals surface area (Å²) in [5, 5.41) is 5.66. The topological polar surface area (TPSA) is 105 Å². The van der Waals surface area contributed by atoms with Crippen molar-refractivity contribution in [3.8, 4) is 0 Å². The van der Waals surface area contributed by atoms with Crippen molar-refractivity contribution in [2.24, 2.45) is 5.73 Å². The van der Waals surface area contributed by atoms with Crippen molar-refractivity contribution in [1.29, 1.82) is 0 Å². The van der Waals surface area contributed by atoms with Crippen LogP contribution in [0.2, 0.25) is 0 Å². The lowest BCUT2D eigenvalue weighted by molar-refractivity contribution is -0.143. The summed E-state index contributed by atoms with van der Waals surface area (Å²) in [6.45, 7) is 2.58. The van der Waals surface area contributed by atoms with Crippen molar-refractivity contribution in [1.82, 2.24) is 10.2 Å². The number of nitrogens with two attached hydrogens (primary N) is 1. The van der Waals surface area contributed by atoms with Gasteiger partial charge in [-0.1, -0.05) is 6.07 Å². The number of primary amides is 1. The van der Waals surface area contributed by atoms with Crippen molar-refractivity contribution >= 4 is 23.4 Å². The highest BCUT2D eigenvalue weighted by molar-refractivity contribution is 6.39. The molecule has 21 heavy (non-hydrogen) atoms.